The number of aromatic nitrogens is 2. The Hall–Kier alpha value is -3.95. The maximum atomic E-state index is 13.3. The van der Waals surface area contributed by atoms with Crippen molar-refractivity contribution in [3.05, 3.63) is 70.4 Å². The van der Waals surface area contributed by atoms with E-state index in [4.69, 9.17) is 5.73 Å². The molecule has 174 valence electrons. The number of amides is 3. The molecule has 0 saturated carbocycles. The van der Waals surface area contributed by atoms with Crippen molar-refractivity contribution >= 4 is 28.9 Å². The van der Waals surface area contributed by atoms with E-state index in [-0.39, 0.29) is 13.1 Å². The number of hydrogen-bond acceptors (Lipinski definition) is 4. The van der Waals surface area contributed by atoms with Crippen LogP contribution in [0, 0.1) is 11.2 Å². The predicted molar refractivity (Wildman–Crippen MR) is 121 cm³/mol. The topological polar surface area (TPSA) is 128 Å². The smallest absolute Gasteiger partial charge is 0.337 e. The summed E-state index contributed by atoms with van der Waals surface area (Å²) in [6, 6.07) is 10.6. The second kappa shape index (κ2) is 9.27. The Kier molecular flexibility index (Phi) is 6.66. The van der Waals surface area contributed by atoms with Crippen LogP contribution in [0.5, 0.6) is 0 Å². The molecular formula is C23H26FN5O4. The van der Waals surface area contributed by atoms with E-state index >= 15 is 0 Å². The molecule has 0 aliphatic carbocycles. The van der Waals surface area contributed by atoms with Gasteiger partial charge in [-0.25, -0.2) is 18.5 Å². The molecule has 9 nitrogen and oxygen atoms in total. The van der Waals surface area contributed by atoms with E-state index < -0.39 is 40.8 Å². The molecule has 0 bridgehead atoms. The van der Waals surface area contributed by atoms with E-state index in [0.717, 1.165) is 4.57 Å². The second-order valence-electron chi connectivity index (χ2n) is 8.75. The van der Waals surface area contributed by atoms with Crippen LogP contribution in [0.25, 0.3) is 11.0 Å². The number of benzene rings is 2. The molecule has 0 fully saturated rings. The van der Waals surface area contributed by atoms with Crippen LogP contribution in [0.3, 0.4) is 0 Å². The van der Waals surface area contributed by atoms with Gasteiger partial charge in [-0.1, -0.05) is 45.0 Å². The van der Waals surface area contributed by atoms with E-state index in [9.17, 15) is 23.6 Å². The summed E-state index contributed by atoms with van der Waals surface area (Å²) in [7, 11) is 0. The molecule has 3 aromatic rings. The van der Waals surface area contributed by atoms with Crippen LogP contribution in [0.2, 0.25) is 0 Å². The maximum Gasteiger partial charge on any atom is 0.337 e. The van der Waals surface area contributed by atoms with Crippen LogP contribution >= 0.6 is 0 Å². The monoisotopic (exact) mass is 455 g/mol. The van der Waals surface area contributed by atoms with Crippen LogP contribution in [-0.2, 0) is 16.1 Å². The molecular weight excluding hydrogens is 429 g/mol. The molecule has 0 radical (unpaired) electrons. The van der Waals surface area contributed by atoms with Crippen molar-refractivity contribution in [3.8, 4) is 0 Å². The summed E-state index contributed by atoms with van der Waals surface area (Å²) in [6.07, 6.45) is 0. The van der Waals surface area contributed by atoms with Crippen molar-refractivity contribution in [1.29, 1.82) is 0 Å². The summed E-state index contributed by atoms with van der Waals surface area (Å²) in [5.74, 6) is -1.71. The number of para-hydroxylation sites is 2. The maximum absolute atomic E-state index is 13.3. The molecule has 1 aromatic heterocycles. The van der Waals surface area contributed by atoms with Crippen molar-refractivity contribution < 1.29 is 18.8 Å². The minimum Gasteiger partial charge on any atom is -0.368 e. The normalized spacial score (nSPS) is 12.4. The van der Waals surface area contributed by atoms with Gasteiger partial charge in [0.25, 0.3) is 0 Å². The first-order chi connectivity index (χ1) is 15.5. The van der Waals surface area contributed by atoms with Crippen LogP contribution in [-0.4, -0.2) is 39.6 Å². The van der Waals surface area contributed by atoms with Crippen molar-refractivity contribution in [2.45, 2.75) is 33.4 Å². The number of halogens is 1. The number of carbonyl (C=O) groups excluding carboxylic acids is 3. The van der Waals surface area contributed by atoms with E-state index in [1.807, 2.05) is 0 Å². The number of hydrogen-bond donors (Lipinski definition) is 3. The number of carbonyl (C=O) groups is 3. The SMILES string of the molecule is CC(C)(C)[C@H](NC(=O)n1c(=O)n(Cc2ccc(F)cc2)c2ccccc21)C(=O)NCC(N)=O. The van der Waals surface area contributed by atoms with Gasteiger partial charge in [0.05, 0.1) is 24.1 Å². The van der Waals surface area contributed by atoms with Crippen molar-refractivity contribution in [3.63, 3.8) is 0 Å². The fourth-order valence-electron chi connectivity index (χ4n) is 3.47. The second-order valence-corrected chi connectivity index (χ2v) is 8.75. The number of nitrogens with one attached hydrogen (secondary N) is 2. The van der Waals surface area contributed by atoms with Crippen molar-refractivity contribution in [2.75, 3.05) is 6.54 Å². The molecule has 0 saturated heterocycles. The Morgan fingerprint density at radius 2 is 1.64 bits per heavy atom. The summed E-state index contributed by atoms with van der Waals surface area (Å²) < 4.78 is 15.6. The van der Waals surface area contributed by atoms with Crippen molar-refractivity contribution in [1.82, 2.24) is 19.8 Å². The van der Waals surface area contributed by atoms with Gasteiger partial charge in [0, 0.05) is 0 Å². The van der Waals surface area contributed by atoms with Gasteiger partial charge in [-0.15, -0.1) is 0 Å². The lowest BCUT2D eigenvalue weighted by Crippen LogP contribution is -2.56. The minimum atomic E-state index is -1.05. The molecule has 4 N–H and O–H groups in total. The molecule has 0 spiro atoms. The molecule has 2 aromatic carbocycles. The number of nitrogens with zero attached hydrogens (tertiary/aromatic N) is 2. The number of primary amides is 1. The molecule has 3 rings (SSSR count). The zero-order valence-electron chi connectivity index (χ0n) is 18.6. The third-order valence-electron chi connectivity index (χ3n) is 5.13. The van der Waals surface area contributed by atoms with E-state index in [0.29, 0.717) is 16.6 Å². The zero-order chi connectivity index (χ0) is 24.3. The fourth-order valence-corrected chi connectivity index (χ4v) is 3.47. The Morgan fingerprint density at radius 1 is 1.03 bits per heavy atom. The molecule has 0 aliphatic heterocycles. The molecule has 0 unspecified atom stereocenters. The Balaban J connectivity index is 1.98. The average Bonchev–Trinajstić information content (AvgIpc) is 3.02. The highest BCUT2D eigenvalue weighted by atomic mass is 19.1. The first-order valence-corrected chi connectivity index (χ1v) is 10.3. The number of rotatable bonds is 6. The fraction of sp³-hybridized carbons (Fsp3) is 0.304. The number of nitrogens with two attached hydrogens (primary N) is 1. The molecule has 1 heterocycles. The lowest BCUT2D eigenvalue weighted by atomic mass is 9.86. The molecule has 33 heavy (non-hydrogen) atoms. The van der Waals surface area contributed by atoms with E-state index in [2.05, 4.69) is 10.6 Å². The molecule has 3 amide bonds. The summed E-state index contributed by atoms with van der Waals surface area (Å²) in [4.78, 5) is 50.1. The van der Waals surface area contributed by atoms with Gasteiger partial charge >= 0.3 is 11.7 Å². The molecule has 0 aliphatic rings. The van der Waals surface area contributed by atoms with Crippen molar-refractivity contribution in [2.24, 2.45) is 11.1 Å². The average molecular weight is 455 g/mol. The highest BCUT2D eigenvalue weighted by Gasteiger charge is 2.34. The Morgan fingerprint density at radius 3 is 2.21 bits per heavy atom. The van der Waals surface area contributed by atoms with Gasteiger partial charge in [-0.3, -0.25) is 14.2 Å². The van der Waals surface area contributed by atoms with E-state index in [1.165, 1.54) is 16.7 Å². The first kappa shape index (κ1) is 23.7. The zero-order valence-corrected chi connectivity index (χ0v) is 18.6. The lowest BCUT2D eigenvalue weighted by molar-refractivity contribution is -0.127. The van der Waals surface area contributed by atoms with Crippen LogP contribution in [0.15, 0.2) is 53.3 Å². The number of imidazole rings is 1. The summed E-state index contributed by atoms with van der Waals surface area (Å²) in [5.41, 5.74) is 5.29. The van der Waals surface area contributed by atoms with Gasteiger partial charge < -0.3 is 16.4 Å². The van der Waals surface area contributed by atoms with E-state index in [1.54, 1.807) is 57.2 Å². The highest BCUT2D eigenvalue weighted by Crippen LogP contribution is 2.20. The summed E-state index contributed by atoms with van der Waals surface area (Å²) in [5, 5.41) is 5.00. The molecule has 1 atom stereocenters. The quantitative estimate of drug-likeness (QED) is 0.521. The van der Waals surface area contributed by atoms with Gasteiger partial charge in [0.15, 0.2) is 0 Å². The Bertz CT molecular complexity index is 1250. The van der Waals surface area contributed by atoms with Gasteiger partial charge in [0.2, 0.25) is 11.8 Å². The molecule has 10 heteroatoms. The third kappa shape index (κ3) is 5.28. The van der Waals surface area contributed by atoms with Gasteiger partial charge in [0.1, 0.15) is 11.9 Å². The summed E-state index contributed by atoms with van der Waals surface area (Å²) >= 11 is 0. The lowest BCUT2D eigenvalue weighted by Gasteiger charge is -2.30. The number of fused-ring (bicyclic) bond motifs is 1. The van der Waals surface area contributed by atoms with Crippen LogP contribution in [0.4, 0.5) is 9.18 Å². The Labute approximate surface area is 189 Å². The summed E-state index contributed by atoms with van der Waals surface area (Å²) in [6.45, 7) is 4.97. The predicted octanol–water partition coefficient (Wildman–Crippen LogP) is 1.56. The van der Waals surface area contributed by atoms with Crippen LogP contribution < -0.4 is 22.1 Å². The third-order valence-corrected chi connectivity index (χ3v) is 5.13. The highest BCUT2D eigenvalue weighted by molar-refractivity contribution is 5.94. The van der Waals surface area contributed by atoms with Gasteiger partial charge in [-0.05, 0) is 35.2 Å². The first-order valence-electron chi connectivity index (χ1n) is 10.3. The van der Waals surface area contributed by atoms with Gasteiger partial charge in [-0.2, -0.15) is 0 Å². The standard InChI is InChI=1S/C23H26FN5O4/c1-23(2,3)19(20(31)26-12-18(25)30)27-21(32)29-17-7-5-4-6-16(17)28(22(29)33)13-14-8-10-15(24)11-9-14/h4-11,19H,12-13H2,1-3H3,(H2,25,30)(H,26,31)(H,27,32)/t19-/m1/s1. The minimum absolute atomic E-state index is 0.127. The largest absolute Gasteiger partial charge is 0.368 e. The van der Waals surface area contributed by atoms with Crippen LogP contribution in [0.1, 0.15) is 26.3 Å².